The molecule has 0 aliphatic rings. The number of carbonyl (C=O) groups is 1. The Kier molecular flexibility index (Phi) is 4.09. The van der Waals surface area contributed by atoms with E-state index in [2.05, 4.69) is 10.3 Å². The van der Waals surface area contributed by atoms with Crippen molar-refractivity contribution in [2.45, 2.75) is 26.8 Å². The van der Waals surface area contributed by atoms with Crippen LogP contribution in [0.25, 0.3) is 10.9 Å². The van der Waals surface area contributed by atoms with Gasteiger partial charge in [0, 0.05) is 16.5 Å². The zero-order valence-electron chi connectivity index (χ0n) is 13.2. The molecule has 0 aliphatic carbocycles. The summed E-state index contributed by atoms with van der Waals surface area (Å²) >= 11 is 5.88. The van der Waals surface area contributed by atoms with Gasteiger partial charge in [-0.25, -0.2) is 4.98 Å². The molecule has 0 fully saturated rings. The Morgan fingerprint density at radius 3 is 2.70 bits per heavy atom. The molecular formula is C18H17ClN2O2. The van der Waals surface area contributed by atoms with Crippen LogP contribution in [0.1, 0.15) is 40.4 Å². The van der Waals surface area contributed by atoms with Gasteiger partial charge < -0.3 is 9.73 Å². The summed E-state index contributed by atoms with van der Waals surface area (Å²) in [4.78, 5) is 16.7. The molecule has 0 aliphatic heterocycles. The third-order valence-electron chi connectivity index (χ3n) is 3.81. The van der Waals surface area contributed by atoms with Crippen LogP contribution in [0.15, 0.2) is 40.8 Å². The fourth-order valence-electron chi connectivity index (χ4n) is 2.68. The van der Waals surface area contributed by atoms with Crippen molar-refractivity contribution in [3.63, 3.8) is 0 Å². The number of aromatic nitrogens is 1. The molecule has 0 radical (unpaired) electrons. The van der Waals surface area contributed by atoms with Crippen molar-refractivity contribution in [3.8, 4) is 0 Å². The zero-order valence-corrected chi connectivity index (χ0v) is 13.9. The highest BCUT2D eigenvalue weighted by Crippen LogP contribution is 2.22. The molecule has 118 valence electrons. The van der Waals surface area contributed by atoms with Gasteiger partial charge in [-0.3, -0.25) is 4.79 Å². The summed E-state index contributed by atoms with van der Waals surface area (Å²) in [6.45, 7) is 5.74. The Bertz CT molecular complexity index is 886. The van der Waals surface area contributed by atoms with Crippen molar-refractivity contribution in [3.05, 3.63) is 64.2 Å². The molecule has 0 saturated heterocycles. The van der Waals surface area contributed by atoms with Crippen LogP contribution in [0.5, 0.6) is 0 Å². The van der Waals surface area contributed by atoms with Gasteiger partial charge in [-0.1, -0.05) is 11.6 Å². The fraction of sp³-hybridized carbons (Fsp3) is 0.222. The van der Waals surface area contributed by atoms with Crippen molar-refractivity contribution in [1.29, 1.82) is 0 Å². The van der Waals surface area contributed by atoms with Crippen LogP contribution in [-0.2, 0) is 0 Å². The molecule has 4 nitrogen and oxygen atoms in total. The van der Waals surface area contributed by atoms with Crippen molar-refractivity contribution < 1.29 is 9.21 Å². The maximum Gasteiger partial charge on any atom is 0.251 e. The van der Waals surface area contributed by atoms with E-state index in [0.717, 1.165) is 28.0 Å². The highest BCUT2D eigenvalue weighted by atomic mass is 35.5. The molecule has 3 rings (SSSR count). The van der Waals surface area contributed by atoms with E-state index >= 15 is 0 Å². The van der Waals surface area contributed by atoms with Crippen molar-refractivity contribution in [2.24, 2.45) is 0 Å². The minimum atomic E-state index is -0.132. The van der Waals surface area contributed by atoms with Crippen LogP contribution in [0.3, 0.4) is 0 Å². The van der Waals surface area contributed by atoms with E-state index in [4.69, 9.17) is 16.0 Å². The first-order valence-electron chi connectivity index (χ1n) is 7.38. The fourth-order valence-corrected chi connectivity index (χ4v) is 2.83. The zero-order chi connectivity index (χ0) is 16.6. The average Bonchev–Trinajstić information content (AvgIpc) is 2.85. The summed E-state index contributed by atoms with van der Waals surface area (Å²) in [6, 6.07) is 10.8. The summed E-state index contributed by atoms with van der Waals surface area (Å²) in [5, 5.41) is 4.32. The molecule has 0 spiro atoms. The van der Waals surface area contributed by atoms with Gasteiger partial charge >= 0.3 is 0 Å². The lowest BCUT2D eigenvalue weighted by Gasteiger charge is -2.13. The molecule has 0 bridgehead atoms. The number of hydrogen-bond donors (Lipinski definition) is 1. The molecule has 23 heavy (non-hydrogen) atoms. The van der Waals surface area contributed by atoms with E-state index in [1.807, 2.05) is 39.0 Å². The van der Waals surface area contributed by atoms with Crippen LogP contribution in [0.4, 0.5) is 0 Å². The quantitative estimate of drug-likeness (QED) is 0.715. The third kappa shape index (κ3) is 3.22. The van der Waals surface area contributed by atoms with Crippen LogP contribution in [0, 0.1) is 13.8 Å². The number of halogens is 1. The van der Waals surface area contributed by atoms with Crippen LogP contribution < -0.4 is 5.32 Å². The normalized spacial score (nSPS) is 12.3. The van der Waals surface area contributed by atoms with E-state index in [1.54, 1.807) is 18.2 Å². The summed E-state index contributed by atoms with van der Waals surface area (Å²) in [5.41, 5.74) is 2.35. The van der Waals surface area contributed by atoms with Gasteiger partial charge in [-0.15, -0.1) is 0 Å². The largest absolute Gasteiger partial charge is 0.466 e. The Balaban J connectivity index is 1.82. The third-order valence-corrected chi connectivity index (χ3v) is 4.02. The molecule has 1 N–H and O–H groups in total. The number of carbonyl (C=O) groups excluding carboxylic acids is 1. The van der Waals surface area contributed by atoms with E-state index in [9.17, 15) is 4.79 Å². The molecule has 5 heteroatoms. The highest BCUT2D eigenvalue weighted by molar-refractivity contribution is 6.29. The molecule has 2 heterocycles. The number of furan rings is 1. The Morgan fingerprint density at radius 1 is 1.22 bits per heavy atom. The number of benzene rings is 1. The molecule has 3 aromatic rings. The van der Waals surface area contributed by atoms with Gasteiger partial charge in [-0.05, 0) is 57.2 Å². The Morgan fingerprint density at radius 2 is 2.00 bits per heavy atom. The van der Waals surface area contributed by atoms with Crippen molar-refractivity contribution in [1.82, 2.24) is 10.3 Å². The van der Waals surface area contributed by atoms with Crippen molar-refractivity contribution in [2.75, 3.05) is 0 Å². The number of nitrogens with zero attached hydrogens (tertiary/aromatic N) is 1. The standard InChI is InChI=1S/C18H17ClN2O2/c1-10-8-15(12(3)23-10)11(2)20-18(22)14-4-6-16-13(9-14)5-7-17(19)21-16/h4-9,11H,1-3H3,(H,20,22). The second-order valence-electron chi connectivity index (χ2n) is 5.61. The number of hydrogen-bond acceptors (Lipinski definition) is 3. The lowest BCUT2D eigenvalue weighted by Crippen LogP contribution is -2.26. The topological polar surface area (TPSA) is 55.1 Å². The molecule has 1 unspecified atom stereocenters. The molecule has 1 amide bonds. The number of rotatable bonds is 3. The number of pyridine rings is 1. The van der Waals surface area contributed by atoms with E-state index in [0.29, 0.717) is 10.7 Å². The predicted octanol–water partition coefficient (Wildman–Crippen LogP) is 4.59. The monoisotopic (exact) mass is 328 g/mol. The lowest BCUT2D eigenvalue weighted by atomic mass is 10.1. The van der Waals surface area contributed by atoms with E-state index in [-0.39, 0.29) is 11.9 Å². The molecule has 0 saturated carbocycles. The SMILES string of the molecule is Cc1cc(C(C)NC(=O)c2ccc3nc(Cl)ccc3c2)c(C)o1. The summed E-state index contributed by atoms with van der Waals surface area (Å²) in [6.07, 6.45) is 0. The first kappa shape index (κ1) is 15.6. The molecule has 2 aromatic heterocycles. The summed E-state index contributed by atoms with van der Waals surface area (Å²) in [7, 11) is 0. The lowest BCUT2D eigenvalue weighted by molar-refractivity contribution is 0.0940. The van der Waals surface area contributed by atoms with E-state index < -0.39 is 0 Å². The Labute approximate surface area is 139 Å². The smallest absolute Gasteiger partial charge is 0.251 e. The van der Waals surface area contributed by atoms with Gasteiger partial charge in [0.15, 0.2) is 0 Å². The molecule has 1 aromatic carbocycles. The van der Waals surface area contributed by atoms with Crippen LogP contribution >= 0.6 is 11.6 Å². The minimum Gasteiger partial charge on any atom is -0.466 e. The second-order valence-corrected chi connectivity index (χ2v) is 5.99. The summed E-state index contributed by atoms with van der Waals surface area (Å²) in [5.74, 6) is 1.53. The molecule has 1 atom stereocenters. The second kappa shape index (κ2) is 6.05. The minimum absolute atomic E-state index is 0.126. The number of aryl methyl sites for hydroxylation is 2. The highest BCUT2D eigenvalue weighted by Gasteiger charge is 2.16. The first-order valence-corrected chi connectivity index (χ1v) is 7.76. The van der Waals surface area contributed by atoms with Gasteiger partial charge in [0.2, 0.25) is 0 Å². The van der Waals surface area contributed by atoms with Crippen LogP contribution in [0.2, 0.25) is 5.15 Å². The number of nitrogens with one attached hydrogen (secondary N) is 1. The van der Waals surface area contributed by atoms with Crippen molar-refractivity contribution >= 4 is 28.4 Å². The Hall–Kier alpha value is -2.33. The summed E-state index contributed by atoms with van der Waals surface area (Å²) < 4.78 is 5.52. The van der Waals surface area contributed by atoms with Crippen LogP contribution in [-0.4, -0.2) is 10.9 Å². The van der Waals surface area contributed by atoms with Gasteiger partial charge in [0.25, 0.3) is 5.91 Å². The van der Waals surface area contributed by atoms with Gasteiger partial charge in [0.1, 0.15) is 16.7 Å². The van der Waals surface area contributed by atoms with Gasteiger partial charge in [-0.2, -0.15) is 0 Å². The maximum absolute atomic E-state index is 12.5. The first-order chi connectivity index (χ1) is 10.9. The average molecular weight is 329 g/mol. The van der Waals surface area contributed by atoms with E-state index in [1.165, 1.54) is 0 Å². The van der Waals surface area contributed by atoms with Gasteiger partial charge in [0.05, 0.1) is 11.6 Å². The predicted molar refractivity (Wildman–Crippen MR) is 90.8 cm³/mol. The molecular weight excluding hydrogens is 312 g/mol. The maximum atomic E-state index is 12.5. The number of fused-ring (bicyclic) bond motifs is 1. The number of amides is 1.